The van der Waals surface area contributed by atoms with Gasteiger partial charge in [-0.1, -0.05) is 36.8 Å². The normalized spacial score (nSPS) is 12.5. The zero-order valence-electron chi connectivity index (χ0n) is 9.51. The van der Waals surface area contributed by atoms with Crippen molar-refractivity contribution in [2.45, 2.75) is 33.6 Å². The van der Waals surface area contributed by atoms with Crippen LogP contribution in [0, 0.1) is 0 Å². The van der Waals surface area contributed by atoms with Gasteiger partial charge < -0.3 is 5.73 Å². The van der Waals surface area contributed by atoms with Crippen LogP contribution in [0.15, 0.2) is 47.7 Å². The van der Waals surface area contributed by atoms with E-state index < -0.39 is 0 Å². The van der Waals surface area contributed by atoms with Crippen molar-refractivity contribution in [2.75, 3.05) is 0 Å². The molecule has 0 atom stereocenters. The molecule has 2 N–H and O–H groups in total. The Bertz CT molecular complexity index is 263. The van der Waals surface area contributed by atoms with Crippen molar-refractivity contribution in [3.05, 3.63) is 47.7 Å². The van der Waals surface area contributed by atoms with Crippen LogP contribution in [0.4, 0.5) is 0 Å². The summed E-state index contributed by atoms with van der Waals surface area (Å²) in [5.41, 5.74) is 9.23. The minimum atomic E-state index is 0.777. The predicted molar refractivity (Wildman–Crippen MR) is 64.9 cm³/mol. The smallest absolute Gasteiger partial charge is 0.0313 e. The van der Waals surface area contributed by atoms with E-state index in [0.717, 1.165) is 18.5 Å². The van der Waals surface area contributed by atoms with Crippen LogP contribution in [0.2, 0.25) is 0 Å². The second kappa shape index (κ2) is 7.19. The van der Waals surface area contributed by atoms with Crippen LogP contribution in [-0.4, -0.2) is 0 Å². The zero-order chi connectivity index (χ0) is 11.0. The van der Waals surface area contributed by atoms with E-state index in [2.05, 4.69) is 33.4 Å². The van der Waals surface area contributed by atoms with Crippen molar-refractivity contribution >= 4 is 0 Å². The fourth-order valence-corrected chi connectivity index (χ4v) is 1.06. The molecule has 0 saturated carbocycles. The SMILES string of the molecule is C=C/C=C(N)\C=C(\CC)CC=C(C)C. The lowest BCUT2D eigenvalue weighted by Gasteiger charge is -2.01. The molecule has 78 valence electrons. The molecule has 14 heavy (non-hydrogen) atoms. The Morgan fingerprint density at radius 1 is 1.36 bits per heavy atom. The van der Waals surface area contributed by atoms with Crippen molar-refractivity contribution in [2.24, 2.45) is 5.73 Å². The molecule has 0 bridgehead atoms. The van der Waals surface area contributed by atoms with E-state index in [1.807, 2.05) is 12.2 Å². The van der Waals surface area contributed by atoms with E-state index in [1.54, 1.807) is 6.08 Å². The lowest BCUT2D eigenvalue weighted by atomic mass is 10.1. The Balaban J connectivity index is 4.47. The van der Waals surface area contributed by atoms with E-state index in [-0.39, 0.29) is 0 Å². The van der Waals surface area contributed by atoms with Gasteiger partial charge in [-0.25, -0.2) is 0 Å². The highest BCUT2D eigenvalue weighted by atomic mass is 14.5. The zero-order valence-corrected chi connectivity index (χ0v) is 9.51. The third kappa shape index (κ3) is 6.30. The highest BCUT2D eigenvalue weighted by Crippen LogP contribution is 2.10. The van der Waals surface area contributed by atoms with Crippen LogP contribution in [-0.2, 0) is 0 Å². The standard InChI is InChI=1S/C13H21N/c1-5-7-13(14)10-12(6-2)9-8-11(3)4/h5,7-8,10H,1,6,9,14H2,2-4H3/b12-10-,13-7+. The summed E-state index contributed by atoms with van der Waals surface area (Å²) in [7, 11) is 0. The van der Waals surface area contributed by atoms with E-state index in [1.165, 1.54) is 11.1 Å². The molecule has 0 unspecified atom stereocenters. The largest absolute Gasteiger partial charge is 0.399 e. The minimum Gasteiger partial charge on any atom is -0.399 e. The highest BCUT2D eigenvalue weighted by molar-refractivity contribution is 5.25. The van der Waals surface area contributed by atoms with Gasteiger partial charge >= 0.3 is 0 Å². The molecule has 0 aliphatic carbocycles. The maximum Gasteiger partial charge on any atom is 0.0313 e. The molecule has 0 amide bonds. The predicted octanol–water partition coefficient (Wildman–Crippen LogP) is 3.71. The Kier molecular flexibility index (Phi) is 6.55. The third-order valence-electron chi connectivity index (χ3n) is 1.91. The van der Waals surface area contributed by atoms with Crippen LogP contribution in [0.25, 0.3) is 0 Å². The first-order chi connectivity index (χ1) is 6.60. The van der Waals surface area contributed by atoms with Gasteiger partial charge in [-0.2, -0.15) is 0 Å². The van der Waals surface area contributed by atoms with Crippen molar-refractivity contribution in [3.8, 4) is 0 Å². The third-order valence-corrected chi connectivity index (χ3v) is 1.91. The monoisotopic (exact) mass is 191 g/mol. The summed E-state index contributed by atoms with van der Waals surface area (Å²) in [6.07, 6.45) is 9.80. The van der Waals surface area contributed by atoms with Crippen LogP contribution in [0.5, 0.6) is 0 Å². The average molecular weight is 191 g/mol. The summed E-state index contributed by atoms with van der Waals surface area (Å²) in [6, 6.07) is 0. The van der Waals surface area contributed by atoms with Gasteiger partial charge in [0.05, 0.1) is 0 Å². The Hall–Kier alpha value is -1.24. The quantitative estimate of drug-likeness (QED) is 0.520. The Labute approximate surface area is 87.7 Å². The molecule has 0 saturated heterocycles. The molecule has 1 heteroatoms. The van der Waals surface area contributed by atoms with E-state index in [4.69, 9.17) is 5.73 Å². The van der Waals surface area contributed by atoms with Crippen molar-refractivity contribution in [3.63, 3.8) is 0 Å². The van der Waals surface area contributed by atoms with Gasteiger partial charge in [0.1, 0.15) is 0 Å². The van der Waals surface area contributed by atoms with Crippen LogP contribution in [0.3, 0.4) is 0 Å². The molecular weight excluding hydrogens is 170 g/mol. The first-order valence-electron chi connectivity index (χ1n) is 5.01. The number of allylic oxidation sites excluding steroid dienone is 6. The Morgan fingerprint density at radius 3 is 2.43 bits per heavy atom. The minimum absolute atomic E-state index is 0.777. The van der Waals surface area contributed by atoms with Crippen LogP contribution < -0.4 is 5.73 Å². The first-order valence-corrected chi connectivity index (χ1v) is 5.01. The van der Waals surface area contributed by atoms with Gasteiger partial charge in [0, 0.05) is 5.70 Å². The molecule has 0 heterocycles. The number of nitrogens with two attached hydrogens (primary N) is 1. The molecule has 0 aliphatic heterocycles. The summed E-state index contributed by atoms with van der Waals surface area (Å²) < 4.78 is 0. The van der Waals surface area contributed by atoms with Gasteiger partial charge in [0.2, 0.25) is 0 Å². The van der Waals surface area contributed by atoms with E-state index >= 15 is 0 Å². The summed E-state index contributed by atoms with van der Waals surface area (Å²) in [4.78, 5) is 0. The first kappa shape index (κ1) is 12.8. The molecule has 0 rings (SSSR count). The van der Waals surface area contributed by atoms with Crippen LogP contribution >= 0.6 is 0 Å². The Morgan fingerprint density at radius 2 is 2.00 bits per heavy atom. The molecule has 0 spiro atoms. The van der Waals surface area contributed by atoms with Gasteiger partial charge in [-0.15, -0.1) is 0 Å². The highest BCUT2D eigenvalue weighted by Gasteiger charge is 1.92. The maximum absolute atomic E-state index is 5.76. The fourth-order valence-electron chi connectivity index (χ4n) is 1.06. The summed E-state index contributed by atoms with van der Waals surface area (Å²) >= 11 is 0. The number of rotatable bonds is 5. The van der Waals surface area contributed by atoms with Gasteiger partial charge in [-0.05, 0) is 38.8 Å². The van der Waals surface area contributed by atoms with E-state index in [0.29, 0.717) is 0 Å². The topological polar surface area (TPSA) is 26.0 Å². The molecule has 0 fully saturated rings. The second-order valence-corrected chi connectivity index (χ2v) is 3.54. The maximum atomic E-state index is 5.76. The molecular formula is C13H21N. The molecule has 0 aromatic heterocycles. The van der Waals surface area contributed by atoms with Gasteiger partial charge in [0.15, 0.2) is 0 Å². The fraction of sp³-hybridized carbons (Fsp3) is 0.385. The lowest BCUT2D eigenvalue weighted by Crippen LogP contribution is -1.94. The average Bonchev–Trinajstić information content (AvgIpc) is 2.12. The molecule has 0 aromatic rings. The summed E-state index contributed by atoms with van der Waals surface area (Å²) in [6.45, 7) is 9.97. The van der Waals surface area contributed by atoms with Gasteiger partial charge in [0.25, 0.3) is 0 Å². The number of hydrogen-bond donors (Lipinski definition) is 1. The van der Waals surface area contributed by atoms with Crippen molar-refractivity contribution in [1.82, 2.24) is 0 Å². The molecule has 0 radical (unpaired) electrons. The van der Waals surface area contributed by atoms with Crippen LogP contribution in [0.1, 0.15) is 33.6 Å². The molecule has 0 aromatic carbocycles. The van der Waals surface area contributed by atoms with Crippen molar-refractivity contribution in [1.29, 1.82) is 0 Å². The number of hydrogen-bond acceptors (Lipinski definition) is 1. The van der Waals surface area contributed by atoms with Gasteiger partial charge in [-0.3, -0.25) is 0 Å². The summed E-state index contributed by atoms with van der Waals surface area (Å²) in [5.74, 6) is 0. The van der Waals surface area contributed by atoms with Crippen molar-refractivity contribution < 1.29 is 0 Å². The molecule has 1 nitrogen and oxygen atoms in total. The summed E-state index contributed by atoms with van der Waals surface area (Å²) in [5, 5.41) is 0. The second-order valence-electron chi connectivity index (χ2n) is 3.54. The lowest BCUT2D eigenvalue weighted by molar-refractivity contribution is 1.02. The van der Waals surface area contributed by atoms with E-state index in [9.17, 15) is 0 Å². The molecule has 0 aliphatic rings.